The zero-order chi connectivity index (χ0) is 25.8. The summed E-state index contributed by atoms with van der Waals surface area (Å²) in [6.07, 6.45) is 6.07. The van der Waals surface area contributed by atoms with Crippen molar-refractivity contribution in [3.63, 3.8) is 0 Å². The number of hydrogen-bond acceptors (Lipinski definition) is 7. The predicted molar refractivity (Wildman–Crippen MR) is 140 cm³/mol. The smallest absolute Gasteiger partial charge is 0.226 e. The second-order valence-corrected chi connectivity index (χ2v) is 10.8. The predicted octanol–water partition coefficient (Wildman–Crippen LogP) is 3.51. The molecule has 6 rings (SSSR count). The molecule has 4 aliphatic heterocycles. The number of nitrogens with zero attached hydrogens (tertiary/aromatic N) is 4. The number of aromatic nitrogens is 2. The number of anilines is 1. The number of rotatable bonds is 8. The molecule has 2 bridgehead atoms. The van der Waals surface area contributed by atoms with Crippen LogP contribution in [-0.4, -0.2) is 79.4 Å². The Labute approximate surface area is 218 Å². The van der Waals surface area contributed by atoms with Crippen LogP contribution in [0.3, 0.4) is 0 Å². The van der Waals surface area contributed by atoms with Crippen molar-refractivity contribution >= 4 is 11.9 Å². The van der Waals surface area contributed by atoms with E-state index in [1.807, 2.05) is 0 Å². The lowest BCUT2D eigenvalue weighted by Gasteiger charge is -2.39. The first kappa shape index (κ1) is 25.9. The van der Waals surface area contributed by atoms with Gasteiger partial charge in [0.25, 0.3) is 0 Å². The van der Waals surface area contributed by atoms with Gasteiger partial charge in [0.1, 0.15) is 18.1 Å². The maximum absolute atomic E-state index is 14.6. The first-order valence-corrected chi connectivity index (χ1v) is 13.5. The summed E-state index contributed by atoms with van der Waals surface area (Å²) in [5, 5.41) is 3.46. The van der Waals surface area contributed by atoms with Crippen LogP contribution < -0.4 is 15.0 Å². The summed E-state index contributed by atoms with van der Waals surface area (Å²) in [6, 6.07) is 7.19. The number of carbonyl (C=O) groups excluding carboxylic acids is 1. The van der Waals surface area contributed by atoms with Gasteiger partial charge in [0.05, 0.1) is 12.8 Å². The molecular weight excluding hydrogens is 473 g/mol. The minimum Gasteiger partial charge on any atom is -0.491 e. The molecule has 0 saturated carbocycles. The van der Waals surface area contributed by atoms with Gasteiger partial charge in [0.15, 0.2) is 5.82 Å². The number of halogens is 1. The highest BCUT2D eigenvalue weighted by Crippen LogP contribution is 2.36. The zero-order valence-corrected chi connectivity index (χ0v) is 21.9. The van der Waals surface area contributed by atoms with Crippen LogP contribution in [0.15, 0.2) is 30.5 Å². The van der Waals surface area contributed by atoms with Crippen molar-refractivity contribution in [1.82, 2.24) is 20.2 Å². The molecule has 1 aromatic carbocycles. The number of benzene rings is 1. The third-order valence-corrected chi connectivity index (χ3v) is 8.41. The molecule has 2 aromatic rings. The van der Waals surface area contributed by atoms with Crippen molar-refractivity contribution in [2.24, 2.45) is 11.8 Å². The van der Waals surface area contributed by atoms with Crippen molar-refractivity contribution in [3.05, 3.63) is 36.3 Å². The average molecular weight is 512 g/mol. The summed E-state index contributed by atoms with van der Waals surface area (Å²) in [7, 11) is 1.62. The highest BCUT2D eigenvalue weighted by molar-refractivity contribution is 5.79. The van der Waals surface area contributed by atoms with E-state index in [0.29, 0.717) is 49.5 Å². The van der Waals surface area contributed by atoms with Gasteiger partial charge in [0, 0.05) is 43.8 Å². The number of amides is 1. The number of piperidine rings is 2. The van der Waals surface area contributed by atoms with Gasteiger partial charge in [-0.3, -0.25) is 4.79 Å². The third-order valence-electron chi connectivity index (χ3n) is 8.41. The number of ether oxygens (including phenoxy) is 2. The maximum atomic E-state index is 14.6. The Morgan fingerprint density at radius 1 is 1.08 bits per heavy atom. The molecule has 4 aliphatic rings. The van der Waals surface area contributed by atoms with E-state index in [1.54, 1.807) is 31.4 Å². The van der Waals surface area contributed by atoms with Gasteiger partial charge in [-0.15, -0.1) is 0 Å². The molecule has 1 N–H and O–H groups in total. The largest absolute Gasteiger partial charge is 0.491 e. The molecule has 0 spiro atoms. The molecule has 8 nitrogen and oxygen atoms in total. The van der Waals surface area contributed by atoms with E-state index in [2.05, 4.69) is 32.0 Å². The first-order valence-electron chi connectivity index (χ1n) is 13.5. The monoisotopic (exact) mass is 511 g/mol. The number of fused-ring (bicyclic) bond motifs is 4. The summed E-state index contributed by atoms with van der Waals surface area (Å²) >= 11 is 0. The first-order chi connectivity index (χ1) is 17.9. The average Bonchev–Trinajstić information content (AvgIpc) is 3.18. The lowest BCUT2D eigenvalue weighted by atomic mass is 9.78. The van der Waals surface area contributed by atoms with Gasteiger partial charge >= 0.3 is 0 Å². The van der Waals surface area contributed by atoms with E-state index >= 15 is 0 Å². The van der Waals surface area contributed by atoms with Crippen LogP contribution in [0.25, 0.3) is 11.3 Å². The number of methoxy groups -OCH3 is 1. The molecule has 9 heteroatoms. The molecule has 200 valence electrons. The van der Waals surface area contributed by atoms with Crippen molar-refractivity contribution < 1.29 is 18.7 Å². The summed E-state index contributed by atoms with van der Waals surface area (Å²) in [4.78, 5) is 26.6. The molecule has 4 fully saturated rings. The molecule has 37 heavy (non-hydrogen) atoms. The molecule has 5 heterocycles. The Bertz CT molecular complexity index is 1070. The van der Waals surface area contributed by atoms with Gasteiger partial charge in [-0.2, -0.15) is 0 Å². The van der Waals surface area contributed by atoms with Crippen molar-refractivity contribution in [2.75, 3.05) is 57.9 Å². The molecule has 4 saturated heterocycles. The molecule has 0 aliphatic carbocycles. The van der Waals surface area contributed by atoms with E-state index in [1.165, 1.54) is 19.0 Å². The van der Waals surface area contributed by atoms with Crippen molar-refractivity contribution in [1.29, 1.82) is 0 Å². The van der Waals surface area contributed by atoms with E-state index in [-0.39, 0.29) is 23.1 Å². The van der Waals surface area contributed by atoms with Gasteiger partial charge in [-0.1, -0.05) is 0 Å². The standard InChI is InChI=1S/C28H38FN5O3/c1-28(11-16-33-12-9-22(28)10-13-33)32-26(35)21-7-14-34(15-8-21)27-30-19-24(29)25(31-27)20-3-5-23(6-4-20)37-18-17-36-2/h3-6,19,21-22H,7-18H2,1-2H3,(H,32,35). The summed E-state index contributed by atoms with van der Waals surface area (Å²) in [5.41, 5.74) is 0.815. The lowest BCUT2D eigenvalue weighted by molar-refractivity contribution is -0.128. The van der Waals surface area contributed by atoms with Crippen molar-refractivity contribution in [2.45, 2.75) is 44.6 Å². The molecule has 1 aromatic heterocycles. The number of nitrogens with one attached hydrogen (secondary N) is 1. The van der Waals surface area contributed by atoms with Gasteiger partial charge < -0.3 is 24.6 Å². The third kappa shape index (κ3) is 5.88. The van der Waals surface area contributed by atoms with Crippen LogP contribution >= 0.6 is 0 Å². The van der Waals surface area contributed by atoms with Gasteiger partial charge in [-0.25, -0.2) is 14.4 Å². The fourth-order valence-corrected chi connectivity index (χ4v) is 5.94. The maximum Gasteiger partial charge on any atom is 0.226 e. The van der Waals surface area contributed by atoms with Gasteiger partial charge in [0.2, 0.25) is 11.9 Å². The summed E-state index contributed by atoms with van der Waals surface area (Å²) < 4.78 is 25.2. The molecule has 1 atom stereocenters. The molecule has 0 radical (unpaired) electrons. The Kier molecular flexibility index (Phi) is 7.90. The van der Waals surface area contributed by atoms with Crippen LogP contribution in [0.5, 0.6) is 5.75 Å². The quantitative estimate of drug-likeness (QED) is 0.544. The van der Waals surface area contributed by atoms with E-state index in [4.69, 9.17) is 9.47 Å². The number of carbonyl (C=O) groups is 1. The van der Waals surface area contributed by atoms with Crippen LogP contribution in [0.1, 0.15) is 39.0 Å². The summed E-state index contributed by atoms with van der Waals surface area (Å²) in [6.45, 7) is 7.91. The van der Waals surface area contributed by atoms with Crippen LogP contribution in [0.4, 0.5) is 10.3 Å². The van der Waals surface area contributed by atoms with Crippen LogP contribution in [-0.2, 0) is 9.53 Å². The van der Waals surface area contributed by atoms with E-state index in [9.17, 15) is 9.18 Å². The second-order valence-electron chi connectivity index (χ2n) is 10.8. The Morgan fingerprint density at radius 3 is 2.51 bits per heavy atom. The number of hydrogen-bond donors (Lipinski definition) is 1. The van der Waals surface area contributed by atoms with Crippen LogP contribution in [0.2, 0.25) is 0 Å². The molecular formula is C28H38FN5O3. The van der Waals surface area contributed by atoms with E-state index in [0.717, 1.165) is 38.9 Å². The van der Waals surface area contributed by atoms with Crippen LogP contribution in [0, 0.1) is 17.7 Å². The highest BCUT2D eigenvalue weighted by Gasteiger charge is 2.42. The molecule has 1 unspecified atom stereocenters. The second kappa shape index (κ2) is 11.3. The topological polar surface area (TPSA) is 79.8 Å². The Morgan fingerprint density at radius 2 is 1.81 bits per heavy atom. The minimum absolute atomic E-state index is 0.0144. The lowest BCUT2D eigenvalue weighted by Crippen LogP contribution is -2.54. The molecule has 1 amide bonds. The fourth-order valence-electron chi connectivity index (χ4n) is 5.94. The Hall–Kier alpha value is -2.78. The normalized spacial score (nSPS) is 26.1. The van der Waals surface area contributed by atoms with Gasteiger partial charge in [-0.05, 0) is 82.3 Å². The van der Waals surface area contributed by atoms with E-state index < -0.39 is 5.82 Å². The summed E-state index contributed by atoms with van der Waals surface area (Å²) in [5.74, 6) is 1.45. The zero-order valence-electron chi connectivity index (χ0n) is 21.9. The highest BCUT2D eigenvalue weighted by atomic mass is 19.1. The fraction of sp³-hybridized carbons (Fsp3) is 0.607. The SMILES string of the molecule is COCCOc1ccc(-c2nc(N3CCC(C(=O)NC4(C)CCN5CCC4CC5)CC3)ncc2F)cc1. The van der Waals surface area contributed by atoms with Crippen molar-refractivity contribution in [3.8, 4) is 17.0 Å². The Balaban J connectivity index is 1.19. The minimum atomic E-state index is -0.465.